The number of urea groups is 1. The highest BCUT2D eigenvalue weighted by Crippen LogP contribution is 2.35. The first-order chi connectivity index (χ1) is 13.3. The van der Waals surface area contributed by atoms with E-state index in [1.165, 1.54) is 0 Å². The molecule has 3 amide bonds. The van der Waals surface area contributed by atoms with E-state index in [-0.39, 0.29) is 29.3 Å². The second kappa shape index (κ2) is 8.39. The zero-order valence-electron chi connectivity index (χ0n) is 17.2. The molecule has 0 spiro atoms. The van der Waals surface area contributed by atoms with Gasteiger partial charge in [0.15, 0.2) is 0 Å². The molecule has 0 aromatic heterocycles. The highest BCUT2D eigenvalue weighted by atomic mass is 16.5. The molecule has 7 nitrogen and oxygen atoms in total. The van der Waals surface area contributed by atoms with Gasteiger partial charge in [-0.1, -0.05) is 12.1 Å². The number of nitrogens with one attached hydrogen (secondary N) is 1. The minimum atomic E-state index is -0.320. The fourth-order valence-corrected chi connectivity index (χ4v) is 3.83. The number of hydrogen-bond donors (Lipinski definition) is 1. The highest BCUT2D eigenvalue weighted by Gasteiger charge is 2.42. The van der Waals surface area contributed by atoms with Gasteiger partial charge in [-0.2, -0.15) is 0 Å². The molecular formula is C21H31N3O4. The summed E-state index contributed by atoms with van der Waals surface area (Å²) < 4.78 is 10.6. The first kappa shape index (κ1) is 20.5. The lowest BCUT2D eigenvalue weighted by Crippen LogP contribution is -2.48. The van der Waals surface area contributed by atoms with Crippen LogP contribution in [0.4, 0.5) is 4.79 Å². The quantitative estimate of drug-likeness (QED) is 0.859. The average Bonchev–Trinajstić information content (AvgIpc) is 3.12. The summed E-state index contributed by atoms with van der Waals surface area (Å²) in [6.07, 6.45) is 0. The van der Waals surface area contributed by atoms with Gasteiger partial charge in [0.1, 0.15) is 5.75 Å². The van der Waals surface area contributed by atoms with Gasteiger partial charge in [-0.15, -0.1) is 0 Å². The van der Waals surface area contributed by atoms with Crippen molar-refractivity contribution in [1.29, 1.82) is 0 Å². The number of likely N-dealkylation sites (tertiary alicyclic amines) is 1. The lowest BCUT2D eigenvalue weighted by molar-refractivity contribution is -0.139. The fourth-order valence-electron chi connectivity index (χ4n) is 3.83. The molecule has 1 N–H and O–H groups in total. The first-order valence-corrected chi connectivity index (χ1v) is 9.86. The summed E-state index contributed by atoms with van der Waals surface area (Å²) in [4.78, 5) is 29.6. The van der Waals surface area contributed by atoms with E-state index in [1.54, 1.807) is 12.0 Å². The molecule has 154 valence electrons. The summed E-state index contributed by atoms with van der Waals surface area (Å²) in [7, 11) is 1.63. The lowest BCUT2D eigenvalue weighted by atomic mass is 9.88. The summed E-state index contributed by atoms with van der Waals surface area (Å²) >= 11 is 0. The third-order valence-electron chi connectivity index (χ3n) is 5.27. The Kier molecular flexibility index (Phi) is 6.13. The van der Waals surface area contributed by atoms with Crippen molar-refractivity contribution in [2.45, 2.75) is 32.2 Å². The number of carbonyl (C=O) groups is 2. The minimum absolute atomic E-state index is 0.0352. The molecule has 0 unspecified atom stereocenters. The zero-order valence-corrected chi connectivity index (χ0v) is 17.2. The number of benzene rings is 1. The maximum absolute atomic E-state index is 13.2. The monoisotopic (exact) mass is 389 g/mol. The van der Waals surface area contributed by atoms with Crippen molar-refractivity contribution < 1.29 is 19.1 Å². The number of rotatable bonds is 3. The SMILES string of the molecule is COc1ccc([C@@H]2CN(C(=O)NC(C)(C)C)C[C@H]2C(=O)N2CCOCC2)cc1. The number of nitrogens with zero attached hydrogens (tertiary/aromatic N) is 2. The van der Waals surface area contributed by atoms with Crippen LogP contribution in [-0.4, -0.2) is 73.8 Å². The molecule has 1 aromatic carbocycles. The Morgan fingerprint density at radius 1 is 1.07 bits per heavy atom. The Morgan fingerprint density at radius 2 is 1.71 bits per heavy atom. The number of morpholine rings is 1. The van der Waals surface area contributed by atoms with Gasteiger partial charge in [0.05, 0.1) is 26.2 Å². The lowest BCUT2D eigenvalue weighted by Gasteiger charge is -2.31. The second-order valence-electron chi connectivity index (χ2n) is 8.51. The molecular weight excluding hydrogens is 358 g/mol. The smallest absolute Gasteiger partial charge is 0.317 e. The van der Waals surface area contributed by atoms with Crippen LogP contribution < -0.4 is 10.1 Å². The topological polar surface area (TPSA) is 71.1 Å². The van der Waals surface area contributed by atoms with Crippen molar-refractivity contribution in [3.05, 3.63) is 29.8 Å². The fraction of sp³-hybridized carbons (Fsp3) is 0.619. The average molecular weight is 389 g/mol. The Balaban J connectivity index is 1.81. The van der Waals surface area contributed by atoms with Crippen LogP contribution in [0.1, 0.15) is 32.3 Å². The van der Waals surface area contributed by atoms with Gasteiger partial charge in [-0.25, -0.2) is 4.79 Å². The number of hydrogen-bond acceptors (Lipinski definition) is 4. The second-order valence-corrected chi connectivity index (χ2v) is 8.51. The zero-order chi connectivity index (χ0) is 20.3. The Hall–Kier alpha value is -2.28. The Labute approximate surface area is 167 Å². The van der Waals surface area contributed by atoms with Gasteiger partial charge in [-0.3, -0.25) is 4.79 Å². The van der Waals surface area contributed by atoms with E-state index in [1.807, 2.05) is 49.9 Å². The Morgan fingerprint density at radius 3 is 2.29 bits per heavy atom. The maximum Gasteiger partial charge on any atom is 0.317 e. The molecule has 7 heteroatoms. The van der Waals surface area contributed by atoms with E-state index in [2.05, 4.69) is 5.32 Å². The van der Waals surface area contributed by atoms with Gasteiger partial charge in [0.2, 0.25) is 5.91 Å². The van der Waals surface area contributed by atoms with E-state index in [0.717, 1.165) is 11.3 Å². The molecule has 0 radical (unpaired) electrons. The molecule has 1 aromatic rings. The summed E-state index contributed by atoms with van der Waals surface area (Å²) in [6, 6.07) is 7.68. The predicted molar refractivity (Wildman–Crippen MR) is 106 cm³/mol. The number of amides is 3. The van der Waals surface area contributed by atoms with Crippen LogP contribution >= 0.6 is 0 Å². The van der Waals surface area contributed by atoms with Gasteiger partial charge < -0.3 is 24.6 Å². The van der Waals surface area contributed by atoms with E-state index in [0.29, 0.717) is 39.4 Å². The third-order valence-corrected chi connectivity index (χ3v) is 5.27. The third kappa shape index (κ3) is 4.76. The largest absolute Gasteiger partial charge is 0.497 e. The molecule has 0 aliphatic carbocycles. The molecule has 2 heterocycles. The number of methoxy groups -OCH3 is 1. The van der Waals surface area contributed by atoms with Gasteiger partial charge in [-0.05, 0) is 38.5 Å². The van der Waals surface area contributed by atoms with Crippen LogP contribution in [-0.2, 0) is 9.53 Å². The summed E-state index contributed by atoms with van der Waals surface area (Å²) in [5.41, 5.74) is 0.734. The van der Waals surface area contributed by atoms with Gasteiger partial charge >= 0.3 is 6.03 Å². The molecule has 3 rings (SSSR count). The molecule has 2 saturated heterocycles. The highest BCUT2D eigenvalue weighted by molar-refractivity contribution is 5.83. The van der Waals surface area contributed by atoms with Gasteiger partial charge in [0, 0.05) is 37.6 Å². The first-order valence-electron chi connectivity index (χ1n) is 9.86. The van der Waals surface area contributed by atoms with E-state index in [9.17, 15) is 9.59 Å². The molecule has 2 fully saturated rings. The summed E-state index contributed by atoms with van der Waals surface area (Å²) in [6.45, 7) is 9.18. The summed E-state index contributed by atoms with van der Waals surface area (Å²) in [5.74, 6) is 0.597. The van der Waals surface area contributed by atoms with Crippen molar-refractivity contribution in [1.82, 2.24) is 15.1 Å². The van der Waals surface area contributed by atoms with E-state index >= 15 is 0 Å². The van der Waals surface area contributed by atoms with Crippen molar-refractivity contribution in [2.24, 2.45) is 5.92 Å². The van der Waals surface area contributed by atoms with Crippen molar-refractivity contribution in [3.63, 3.8) is 0 Å². The van der Waals surface area contributed by atoms with Crippen LogP contribution in [0.15, 0.2) is 24.3 Å². The van der Waals surface area contributed by atoms with Gasteiger partial charge in [0.25, 0.3) is 0 Å². The van der Waals surface area contributed by atoms with E-state index < -0.39 is 0 Å². The van der Waals surface area contributed by atoms with Crippen LogP contribution in [0.3, 0.4) is 0 Å². The van der Waals surface area contributed by atoms with Crippen LogP contribution in [0.5, 0.6) is 5.75 Å². The Bertz CT molecular complexity index is 693. The standard InChI is InChI=1S/C21H31N3O4/c1-21(2,3)22-20(26)24-13-17(15-5-7-16(27-4)8-6-15)18(14-24)19(25)23-9-11-28-12-10-23/h5-8,17-18H,9-14H2,1-4H3,(H,22,26)/t17-,18+/m0/s1. The number of carbonyl (C=O) groups excluding carboxylic acids is 2. The van der Waals surface area contributed by atoms with Crippen LogP contribution in [0.25, 0.3) is 0 Å². The predicted octanol–water partition coefficient (Wildman–Crippen LogP) is 2.08. The van der Waals surface area contributed by atoms with Crippen molar-refractivity contribution in [2.75, 3.05) is 46.5 Å². The van der Waals surface area contributed by atoms with Crippen molar-refractivity contribution >= 4 is 11.9 Å². The molecule has 0 saturated carbocycles. The van der Waals surface area contributed by atoms with Crippen molar-refractivity contribution in [3.8, 4) is 5.75 Å². The maximum atomic E-state index is 13.2. The van der Waals surface area contributed by atoms with E-state index in [4.69, 9.17) is 9.47 Å². The molecule has 28 heavy (non-hydrogen) atoms. The van der Waals surface area contributed by atoms with Crippen LogP contribution in [0.2, 0.25) is 0 Å². The summed E-state index contributed by atoms with van der Waals surface area (Å²) in [5, 5.41) is 3.01. The minimum Gasteiger partial charge on any atom is -0.497 e. The molecule has 2 aliphatic rings. The molecule has 2 atom stereocenters. The molecule has 2 aliphatic heterocycles. The number of ether oxygens (including phenoxy) is 2. The normalized spacial score (nSPS) is 22.9. The van der Waals surface area contributed by atoms with Crippen LogP contribution in [0, 0.1) is 5.92 Å². The molecule has 0 bridgehead atoms.